The first kappa shape index (κ1) is 16.8. The van der Waals surface area contributed by atoms with Crippen molar-refractivity contribution in [1.29, 1.82) is 0 Å². The minimum Gasteiger partial charge on any atom is -0.355 e. The summed E-state index contributed by atoms with van der Waals surface area (Å²) in [6.07, 6.45) is 0. The third kappa shape index (κ3) is 4.96. The minimum absolute atomic E-state index is 0.292. The van der Waals surface area contributed by atoms with E-state index in [2.05, 4.69) is 16.0 Å². The van der Waals surface area contributed by atoms with Gasteiger partial charge in [-0.1, -0.05) is 17.7 Å². The van der Waals surface area contributed by atoms with Crippen molar-refractivity contribution >= 4 is 40.4 Å². The van der Waals surface area contributed by atoms with Crippen molar-refractivity contribution in [3.63, 3.8) is 0 Å². The molecule has 0 spiro atoms. The molecule has 25 heavy (non-hydrogen) atoms. The molecular formula is C19H15ClFN3O. The van der Waals surface area contributed by atoms with E-state index in [9.17, 15) is 9.18 Å². The maximum atomic E-state index is 12.9. The molecule has 0 bridgehead atoms. The van der Waals surface area contributed by atoms with Gasteiger partial charge in [-0.05, 0) is 66.7 Å². The molecule has 3 N–H and O–H groups in total. The van der Waals surface area contributed by atoms with Crippen LogP contribution in [0.3, 0.4) is 0 Å². The van der Waals surface area contributed by atoms with E-state index in [1.807, 2.05) is 12.1 Å². The summed E-state index contributed by atoms with van der Waals surface area (Å²) in [7, 11) is 0. The molecule has 0 radical (unpaired) electrons. The van der Waals surface area contributed by atoms with Crippen LogP contribution < -0.4 is 16.0 Å². The lowest BCUT2D eigenvalue weighted by Crippen LogP contribution is -2.19. The topological polar surface area (TPSA) is 53.2 Å². The molecule has 3 aromatic carbocycles. The Balaban J connectivity index is 1.63. The predicted molar refractivity (Wildman–Crippen MR) is 100 cm³/mol. The average molecular weight is 356 g/mol. The van der Waals surface area contributed by atoms with Gasteiger partial charge in [-0.2, -0.15) is 0 Å². The summed E-state index contributed by atoms with van der Waals surface area (Å²) >= 11 is 5.81. The molecule has 4 nitrogen and oxygen atoms in total. The molecule has 0 unspecified atom stereocenters. The highest BCUT2D eigenvalue weighted by molar-refractivity contribution is 6.30. The van der Waals surface area contributed by atoms with Crippen molar-refractivity contribution in [1.82, 2.24) is 0 Å². The van der Waals surface area contributed by atoms with Gasteiger partial charge in [0, 0.05) is 27.8 Å². The number of carbonyl (C=O) groups is 1. The van der Waals surface area contributed by atoms with Crippen LogP contribution in [0.2, 0.25) is 5.02 Å². The predicted octanol–water partition coefficient (Wildman–Crippen LogP) is 5.87. The molecule has 0 aliphatic rings. The zero-order valence-corrected chi connectivity index (χ0v) is 13.8. The molecule has 0 heterocycles. The minimum atomic E-state index is -0.360. The molecule has 3 aromatic rings. The molecule has 0 saturated heterocycles. The molecule has 3 rings (SSSR count). The number of halogens is 2. The van der Waals surface area contributed by atoms with Crippen molar-refractivity contribution < 1.29 is 9.18 Å². The normalized spacial score (nSPS) is 10.2. The van der Waals surface area contributed by atoms with Gasteiger partial charge >= 0.3 is 6.03 Å². The number of rotatable bonds is 4. The van der Waals surface area contributed by atoms with Gasteiger partial charge in [-0.15, -0.1) is 0 Å². The summed E-state index contributed by atoms with van der Waals surface area (Å²) in [4.78, 5) is 12.1. The summed E-state index contributed by atoms with van der Waals surface area (Å²) in [6, 6.07) is 19.7. The van der Waals surface area contributed by atoms with Gasteiger partial charge in [0.15, 0.2) is 0 Å². The molecule has 6 heteroatoms. The first-order valence-corrected chi connectivity index (χ1v) is 7.92. The van der Waals surface area contributed by atoms with E-state index in [1.165, 1.54) is 12.1 Å². The Bertz CT molecular complexity index is 867. The van der Waals surface area contributed by atoms with E-state index in [0.717, 1.165) is 11.4 Å². The highest BCUT2D eigenvalue weighted by Gasteiger charge is 2.04. The monoisotopic (exact) mass is 355 g/mol. The lowest BCUT2D eigenvalue weighted by atomic mass is 10.2. The number of carbonyl (C=O) groups excluding carboxylic acids is 1. The second-order valence-corrected chi connectivity index (χ2v) is 5.74. The Morgan fingerprint density at radius 2 is 1.36 bits per heavy atom. The lowest BCUT2D eigenvalue weighted by molar-refractivity contribution is 0.262. The number of anilines is 4. The number of hydrogen-bond acceptors (Lipinski definition) is 2. The number of benzene rings is 3. The van der Waals surface area contributed by atoms with Crippen LogP contribution in [0, 0.1) is 5.82 Å². The van der Waals surface area contributed by atoms with E-state index in [0.29, 0.717) is 16.4 Å². The van der Waals surface area contributed by atoms with E-state index in [-0.39, 0.29) is 11.8 Å². The SMILES string of the molecule is O=C(Nc1ccc(Cl)cc1)Nc1cccc(Nc2ccc(F)cc2)c1. The number of amides is 2. The van der Waals surface area contributed by atoms with E-state index >= 15 is 0 Å². The summed E-state index contributed by atoms with van der Waals surface area (Å²) in [5.41, 5.74) is 2.79. The summed E-state index contributed by atoms with van der Waals surface area (Å²) < 4.78 is 12.9. The summed E-state index contributed by atoms with van der Waals surface area (Å²) in [6.45, 7) is 0. The zero-order chi connectivity index (χ0) is 17.6. The summed E-state index contributed by atoms with van der Waals surface area (Å²) in [5.74, 6) is -0.292. The number of urea groups is 1. The third-order valence-corrected chi connectivity index (χ3v) is 3.61. The zero-order valence-electron chi connectivity index (χ0n) is 13.1. The summed E-state index contributed by atoms with van der Waals surface area (Å²) in [5, 5.41) is 9.23. The van der Waals surface area contributed by atoms with Crippen LogP contribution in [0.25, 0.3) is 0 Å². The Labute approximate surface area is 149 Å². The fourth-order valence-corrected chi connectivity index (χ4v) is 2.33. The standard InChI is InChI=1S/C19H15ClFN3O/c20-13-4-8-16(9-5-13)23-19(25)24-18-3-1-2-17(12-18)22-15-10-6-14(21)7-11-15/h1-12,22H,(H2,23,24,25). The van der Waals surface area contributed by atoms with Crippen LogP contribution >= 0.6 is 11.6 Å². The van der Waals surface area contributed by atoms with E-state index < -0.39 is 0 Å². The maximum absolute atomic E-state index is 12.9. The van der Waals surface area contributed by atoms with Gasteiger partial charge in [-0.3, -0.25) is 0 Å². The molecule has 0 fully saturated rings. The Morgan fingerprint density at radius 1 is 0.760 bits per heavy atom. The van der Waals surface area contributed by atoms with Crippen LogP contribution in [-0.2, 0) is 0 Å². The highest BCUT2D eigenvalue weighted by atomic mass is 35.5. The number of nitrogens with one attached hydrogen (secondary N) is 3. The molecule has 2 amide bonds. The fraction of sp³-hybridized carbons (Fsp3) is 0. The molecule has 0 aromatic heterocycles. The van der Waals surface area contributed by atoms with E-state index in [1.54, 1.807) is 48.5 Å². The van der Waals surface area contributed by atoms with Crippen LogP contribution in [0.1, 0.15) is 0 Å². The van der Waals surface area contributed by atoms with E-state index in [4.69, 9.17) is 11.6 Å². The molecule has 126 valence electrons. The van der Waals surface area contributed by atoms with Gasteiger partial charge in [0.25, 0.3) is 0 Å². The Hall–Kier alpha value is -3.05. The molecule has 0 saturated carbocycles. The molecule has 0 aliphatic carbocycles. The molecule has 0 aliphatic heterocycles. The smallest absolute Gasteiger partial charge is 0.323 e. The van der Waals surface area contributed by atoms with Crippen LogP contribution in [0.15, 0.2) is 72.8 Å². The largest absolute Gasteiger partial charge is 0.355 e. The fourth-order valence-electron chi connectivity index (χ4n) is 2.20. The quantitative estimate of drug-likeness (QED) is 0.548. The first-order chi connectivity index (χ1) is 12.1. The van der Waals surface area contributed by atoms with Gasteiger partial charge in [-0.25, -0.2) is 9.18 Å². The Kier molecular flexibility index (Phi) is 5.16. The van der Waals surface area contributed by atoms with Crippen molar-refractivity contribution in [2.45, 2.75) is 0 Å². The first-order valence-electron chi connectivity index (χ1n) is 7.55. The highest BCUT2D eigenvalue weighted by Crippen LogP contribution is 2.21. The second-order valence-electron chi connectivity index (χ2n) is 5.30. The van der Waals surface area contributed by atoms with Gasteiger partial charge < -0.3 is 16.0 Å². The lowest BCUT2D eigenvalue weighted by Gasteiger charge is -2.10. The molecule has 0 atom stereocenters. The van der Waals surface area contributed by atoms with Crippen molar-refractivity contribution in [2.24, 2.45) is 0 Å². The Morgan fingerprint density at radius 3 is 2.08 bits per heavy atom. The van der Waals surface area contributed by atoms with Gasteiger partial charge in [0.2, 0.25) is 0 Å². The van der Waals surface area contributed by atoms with Crippen molar-refractivity contribution in [3.05, 3.63) is 83.6 Å². The second kappa shape index (κ2) is 7.68. The van der Waals surface area contributed by atoms with Crippen LogP contribution in [-0.4, -0.2) is 6.03 Å². The van der Waals surface area contributed by atoms with Crippen LogP contribution in [0.5, 0.6) is 0 Å². The van der Waals surface area contributed by atoms with Crippen molar-refractivity contribution in [2.75, 3.05) is 16.0 Å². The van der Waals surface area contributed by atoms with Crippen molar-refractivity contribution in [3.8, 4) is 0 Å². The van der Waals surface area contributed by atoms with Crippen LogP contribution in [0.4, 0.5) is 31.9 Å². The van der Waals surface area contributed by atoms with Gasteiger partial charge in [0.1, 0.15) is 5.82 Å². The third-order valence-electron chi connectivity index (χ3n) is 3.36. The average Bonchev–Trinajstić information content (AvgIpc) is 2.59. The number of hydrogen-bond donors (Lipinski definition) is 3. The maximum Gasteiger partial charge on any atom is 0.323 e. The van der Waals surface area contributed by atoms with Gasteiger partial charge in [0.05, 0.1) is 0 Å². The molecular weight excluding hydrogens is 341 g/mol.